The minimum absolute atomic E-state index is 0.0392. The molecule has 38 heavy (non-hydrogen) atoms. The maximum Gasteiger partial charge on any atom is 0.344 e. The van der Waals surface area contributed by atoms with Crippen LogP contribution in [0, 0.1) is 22.0 Å². The molecule has 0 N–H and O–H groups in total. The second kappa shape index (κ2) is 7.98. The van der Waals surface area contributed by atoms with Crippen LogP contribution < -0.4 is 4.74 Å². The van der Waals surface area contributed by atoms with E-state index in [9.17, 15) is 24.5 Å². The van der Waals surface area contributed by atoms with E-state index in [-0.39, 0.29) is 53.7 Å². The summed E-state index contributed by atoms with van der Waals surface area (Å²) in [6.07, 6.45) is 0. The van der Waals surface area contributed by atoms with E-state index in [0.717, 1.165) is 11.1 Å². The minimum atomic E-state index is -0.748. The van der Waals surface area contributed by atoms with Crippen molar-refractivity contribution in [1.29, 1.82) is 0 Å². The molecule has 2 fully saturated rings. The van der Waals surface area contributed by atoms with Gasteiger partial charge in [-0.3, -0.25) is 24.6 Å². The Morgan fingerprint density at radius 1 is 0.868 bits per heavy atom. The Morgan fingerprint density at radius 2 is 1.42 bits per heavy atom. The zero-order chi connectivity index (χ0) is 26.2. The molecule has 7 rings (SSSR count). The Hall–Kier alpha value is -4.53. The molecule has 0 bridgehead atoms. The normalized spacial score (nSPS) is 27.2. The molecule has 3 aliphatic carbocycles. The average Bonchev–Trinajstić information content (AvgIpc) is 3.27. The molecule has 1 saturated heterocycles. The van der Waals surface area contributed by atoms with E-state index in [1.54, 1.807) is 6.07 Å². The third-order valence-corrected chi connectivity index (χ3v) is 8.66. The third-order valence-electron chi connectivity index (χ3n) is 8.66. The Kier molecular flexibility index (Phi) is 4.76. The summed E-state index contributed by atoms with van der Waals surface area (Å²) in [5, 5.41) is 11.1. The summed E-state index contributed by atoms with van der Waals surface area (Å²) in [6, 6.07) is 22.1. The molecule has 9 heteroatoms. The highest BCUT2D eigenvalue weighted by Gasteiger charge is 2.78. The lowest BCUT2D eigenvalue weighted by molar-refractivity contribution is -0.385. The first-order chi connectivity index (χ1) is 18.5. The first-order valence-corrected chi connectivity index (χ1v) is 12.5. The van der Waals surface area contributed by atoms with Gasteiger partial charge in [-0.05, 0) is 28.3 Å². The third kappa shape index (κ3) is 2.73. The lowest BCUT2D eigenvalue weighted by Crippen LogP contribution is -2.55. The van der Waals surface area contributed by atoms with Crippen LogP contribution in [0.25, 0.3) is 0 Å². The molecule has 3 aromatic carbocycles. The van der Waals surface area contributed by atoms with Crippen molar-refractivity contribution in [1.82, 2.24) is 4.90 Å². The second-order valence-corrected chi connectivity index (χ2v) is 10.1. The van der Waals surface area contributed by atoms with Crippen LogP contribution in [0.5, 0.6) is 5.75 Å². The van der Waals surface area contributed by atoms with Crippen LogP contribution in [0.4, 0.5) is 5.69 Å². The number of hydrogen-bond donors (Lipinski definition) is 0. The van der Waals surface area contributed by atoms with Gasteiger partial charge >= 0.3 is 11.7 Å². The van der Waals surface area contributed by atoms with Crippen molar-refractivity contribution in [2.24, 2.45) is 11.8 Å². The molecule has 5 atom stereocenters. The molecule has 0 aromatic heterocycles. The van der Waals surface area contributed by atoms with Gasteiger partial charge in [-0.15, -0.1) is 0 Å². The minimum Gasteiger partial charge on any atom is -0.475 e. The number of nitro groups is 1. The van der Waals surface area contributed by atoms with Crippen LogP contribution in [0.1, 0.15) is 34.1 Å². The summed E-state index contributed by atoms with van der Waals surface area (Å²) in [5.41, 5.74) is 4.20. The molecule has 1 spiro atoms. The number of likely N-dealkylation sites (tertiary alicyclic amines) is 1. The fourth-order valence-electron chi connectivity index (χ4n) is 7.44. The molecule has 1 aliphatic heterocycles. The molecule has 2 amide bonds. The van der Waals surface area contributed by atoms with Gasteiger partial charge in [0.1, 0.15) is 6.61 Å². The number of esters is 1. The number of amides is 2. The monoisotopic (exact) mass is 510 g/mol. The molecule has 4 aliphatic rings. The van der Waals surface area contributed by atoms with Crippen molar-refractivity contribution < 1.29 is 28.8 Å². The highest BCUT2D eigenvalue weighted by molar-refractivity contribution is 6.08. The van der Waals surface area contributed by atoms with Crippen LogP contribution in [-0.2, 0) is 24.5 Å². The lowest BCUT2D eigenvalue weighted by atomic mass is 9.43. The van der Waals surface area contributed by atoms with Gasteiger partial charge < -0.3 is 9.47 Å². The van der Waals surface area contributed by atoms with E-state index in [4.69, 9.17) is 9.47 Å². The van der Waals surface area contributed by atoms with Crippen LogP contribution in [-0.4, -0.2) is 47.4 Å². The summed E-state index contributed by atoms with van der Waals surface area (Å²) in [5.74, 6) is -2.18. The van der Waals surface area contributed by atoms with Gasteiger partial charge in [0.15, 0.2) is 12.4 Å². The smallest absolute Gasteiger partial charge is 0.344 e. The molecule has 3 aromatic rings. The average molecular weight is 511 g/mol. The number of carbonyl (C=O) groups excluding carboxylic acids is 3. The zero-order valence-electron chi connectivity index (χ0n) is 20.1. The Bertz CT molecular complexity index is 1470. The molecular formula is C29H22N2O7. The molecule has 0 radical (unpaired) electrons. The van der Waals surface area contributed by atoms with Crippen molar-refractivity contribution in [3.05, 3.63) is 105 Å². The maximum absolute atomic E-state index is 13.6. The maximum atomic E-state index is 13.6. The molecule has 190 valence electrons. The Labute approximate surface area is 217 Å². The number of hydrogen-bond acceptors (Lipinski definition) is 7. The van der Waals surface area contributed by atoms with Crippen molar-refractivity contribution in [3.63, 3.8) is 0 Å². The number of nitro benzene ring substituents is 1. The van der Waals surface area contributed by atoms with E-state index in [1.165, 1.54) is 34.2 Å². The first kappa shape index (κ1) is 22.7. The van der Waals surface area contributed by atoms with E-state index in [0.29, 0.717) is 0 Å². The van der Waals surface area contributed by atoms with Gasteiger partial charge in [-0.2, -0.15) is 0 Å². The van der Waals surface area contributed by atoms with Crippen molar-refractivity contribution in [3.8, 4) is 5.75 Å². The van der Waals surface area contributed by atoms with E-state index in [2.05, 4.69) is 24.3 Å². The van der Waals surface area contributed by atoms with E-state index in [1.807, 2.05) is 24.3 Å². The standard InChI is InChI=1S/C29H22N2O7/c32-22(15-38-21-12-6-5-11-20(21)31(35)36)37-14-13-30-27(33)23-24(28(30)34)26-17-8-2-4-10-19(17)29(26)18-9-3-1-7-16(18)25(23)29/h1-12,23-26H,13-15H2/t23-,24+,25+,26-,29?. The van der Waals surface area contributed by atoms with Crippen LogP contribution in [0.2, 0.25) is 0 Å². The number of fused-ring (bicyclic) bond motifs is 7. The van der Waals surface area contributed by atoms with Gasteiger partial charge in [0, 0.05) is 23.3 Å². The predicted octanol–water partition coefficient (Wildman–Crippen LogP) is 3.31. The lowest BCUT2D eigenvalue weighted by Gasteiger charge is -2.59. The Morgan fingerprint density at radius 3 is 2.03 bits per heavy atom. The highest BCUT2D eigenvalue weighted by Crippen LogP contribution is 2.80. The number of benzene rings is 3. The summed E-state index contributed by atoms with van der Waals surface area (Å²) in [7, 11) is 0. The number of para-hydroxylation sites is 2. The molecule has 9 nitrogen and oxygen atoms in total. The van der Waals surface area contributed by atoms with Crippen molar-refractivity contribution in [2.45, 2.75) is 17.3 Å². The second-order valence-electron chi connectivity index (χ2n) is 10.1. The van der Waals surface area contributed by atoms with E-state index >= 15 is 0 Å². The molecular weight excluding hydrogens is 488 g/mol. The van der Waals surface area contributed by atoms with Gasteiger partial charge in [-0.1, -0.05) is 60.7 Å². The van der Waals surface area contributed by atoms with Crippen molar-refractivity contribution in [2.75, 3.05) is 19.8 Å². The van der Waals surface area contributed by atoms with Gasteiger partial charge in [-0.25, -0.2) is 4.79 Å². The molecule has 1 unspecified atom stereocenters. The summed E-state index contributed by atoms with van der Waals surface area (Å²) >= 11 is 0. The van der Waals surface area contributed by atoms with E-state index < -0.39 is 29.3 Å². The SMILES string of the molecule is O=C(COc1ccccc1[N+](=O)[O-])OCCN1C(=O)[C@@H]2[C@H](C1=O)[C@H]1c3ccccc3C13c1ccccc1[C@@H]23. The number of ether oxygens (including phenoxy) is 2. The fraction of sp³-hybridized carbons (Fsp3) is 0.276. The quantitative estimate of drug-likeness (QED) is 0.207. The predicted molar refractivity (Wildman–Crippen MR) is 132 cm³/mol. The number of imide groups is 1. The number of rotatable bonds is 7. The Balaban J connectivity index is 1.05. The summed E-state index contributed by atoms with van der Waals surface area (Å²) < 4.78 is 10.5. The van der Waals surface area contributed by atoms with Crippen LogP contribution >= 0.6 is 0 Å². The van der Waals surface area contributed by atoms with Crippen LogP contribution in [0.3, 0.4) is 0 Å². The van der Waals surface area contributed by atoms with Gasteiger partial charge in [0.05, 0.1) is 23.3 Å². The van der Waals surface area contributed by atoms with Gasteiger partial charge in [0.2, 0.25) is 11.8 Å². The zero-order valence-corrected chi connectivity index (χ0v) is 20.1. The topological polar surface area (TPSA) is 116 Å². The first-order valence-electron chi connectivity index (χ1n) is 12.5. The number of nitrogens with zero attached hydrogens (tertiary/aromatic N) is 2. The molecule has 1 heterocycles. The van der Waals surface area contributed by atoms with Crippen LogP contribution in [0.15, 0.2) is 72.8 Å². The number of carbonyl (C=O) groups is 3. The summed E-state index contributed by atoms with van der Waals surface area (Å²) in [4.78, 5) is 51.2. The highest BCUT2D eigenvalue weighted by atomic mass is 16.6. The van der Waals surface area contributed by atoms with Crippen molar-refractivity contribution >= 4 is 23.5 Å². The molecule has 1 saturated carbocycles. The fourth-order valence-corrected chi connectivity index (χ4v) is 7.44. The largest absolute Gasteiger partial charge is 0.475 e. The summed E-state index contributed by atoms with van der Waals surface area (Å²) in [6.45, 7) is -0.750. The van der Waals surface area contributed by atoms with Gasteiger partial charge in [0.25, 0.3) is 0 Å².